The molecule has 2 rings (SSSR count). The molecule has 0 aromatic heterocycles. The van der Waals surface area contributed by atoms with Crippen molar-refractivity contribution in [1.82, 2.24) is 10.2 Å². The number of nitrogens with zero attached hydrogens (tertiary/aromatic N) is 2. The highest BCUT2D eigenvalue weighted by atomic mass is 19.1. The summed E-state index contributed by atoms with van der Waals surface area (Å²) in [6.07, 6.45) is 0. The van der Waals surface area contributed by atoms with Crippen molar-refractivity contribution < 1.29 is 4.39 Å². The predicted molar refractivity (Wildman–Crippen MR) is 64.3 cm³/mol. The van der Waals surface area contributed by atoms with E-state index in [0.29, 0.717) is 5.56 Å². The third kappa shape index (κ3) is 2.82. The molecule has 1 aromatic rings. The number of benzene rings is 1. The first kappa shape index (κ1) is 12.0. The van der Waals surface area contributed by atoms with Crippen LogP contribution in [0.25, 0.3) is 0 Å². The van der Waals surface area contributed by atoms with E-state index in [1.807, 2.05) is 12.1 Å². The van der Waals surface area contributed by atoms with Crippen molar-refractivity contribution in [3.8, 4) is 6.07 Å². The van der Waals surface area contributed by atoms with E-state index in [9.17, 15) is 4.39 Å². The Morgan fingerprint density at radius 2 is 2.18 bits per heavy atom. The Kier molecular flexibility index (Phi) is 4.08. The van der Waals surface area contributed by atoms with Gasteiger partial charge in [-0.15, -0.1) is 0 Å². The van der Waals surface area contributed by atoms with Gasteiger partial charge in [-0.25, -0.2) is 4.39 Å². The van der Waals surface area contributed by atoms with Crippen LogP contribution in [0, 0.1) is 11.3 Å². The second kappa shape index (κ2) is 5.76. The monoisotopic (exact) mass is 233 g/mol. The van der Waals surface area contributed by atoms with Crippen LogP contribution in [0.15, 0.2) is 24.3 Å². The molecule has 1 fully saturated rings. The van der Waals surface area contributed by atoms with Crippen molar-refractivity contribution in [2.75, 3.05) is 32.9 Å². The average molecular weight is 233 g/mol. The lowest BCUT2D eigenvalue weighted by molar-refractivity contribution is 0.147. The van der Waals surface area contributed by atoms with Gasteiger partial charge in [0.15, 0.2) is 0 Å². The fraction of sp³-hybridized carbons (Fsp3) is 0.462. The molecule has 1 aromatic carbocycles. The molecule has 0 amide bonds. The number of piperazine rings is 1. The highest BCUT2D eigenvalue weighted by Gasteiger charge is 2.22. The predicted octanol–water partition coefficient (Wildman–Crippen LogP) is 1.47. The Morgan fingerprint density at radius 3 is 2.82 bits per heavy atom. The number of nitriles is 1. The molecule has 1 N–H and O–H groups in total. The maximum absolute atomic E-state index is 13.2. The SMILES string of the molecule is N#Cc1cccc([C@@H](CF)N2CCNCC2)c1. The van der Waals surface area contributed by atoms with Gasteiger partial charge in [-0.05, 0) is 17.7 Å². The molecule has 0 aliphatic carbocycles. The summed E-state index contributed by atoms with van der Waals surface area (Å²) in [5.74, 6) is 0. The standard InChI is InChI=1S/C13H16FN3/c14-9-13(17-6-4-16-5-7-17)12-3-1-2-11(8-12)10-15/h1-3,8,13,16H,4-7,9H2/t13-/m1/s1. The van der Waals surface area contributed by atoms with Gasteiger partial charge in [-0.3, -0.25) is 4.90 Å². The van der Waals surface area contributed by atoms with Crippen LogP contribution in [-0.2, 0) is 0 Å². The van der Waals surface area contributed by atoms with Crippen molar-refractivity contribution >= 4 is 0 Å². The number of nitrogens with one attached hydrogen (secondary N) is 1. The summed E-state index contributed by atoms with van der Waals surface area (Å²) in [4.78, 5) is 2.13. The fourth-order valence-electron chi connectivity index (χ4n) is 2.21. The summed E-state index contributed by atoms with van der Waals surface area (Å²) in [7, 11) is 0. The molecule has 1 heterocycles. The molecular weight excluding hydrogens is 217 g/mol. The normalized spacial score (nSPS) is 18.6. The van der Waals surface area contributed by atoms with Gasteiger partial charge >= 0.3 is 0 Å². The van der Waals surface area contributed by atoms with Crippen molar-refractivity contribution in [2.45, 2.75) is 6.04 Å². The Balaban J connectivity index is 2.18. The molecule has 3 nitrogen and oxygen atoms in total. The van der Waals surface area contributed by atoms with Crippen LogP contribution in [-0.4, -0.2) is 37.8 Å². The number of rotatable bonds is 3. The number of halogens is 1. The summed E-state index contributed by atoms with van der Waals surface area (Å²) in [6.45, 7) is 3.09. The summed E-state index contributed by atoms with van der Waals surface area (Å²) in [5.41, 5.74) is 1.49. The Hall–Kier alpha value is -1.44. The van der Waals surface area contributed by atoms with Crippen molar-refractivity contribution in [3.63, 3.8) is 0 Å². The van der Waals surface area contributed by atoms with Gasteiger partial charge in [0.2, 0.25) is 0 Å². The highest BCUT2D eigenvalue weighted by molar-refractivity contribution is 5.34. The molecule has 90 valence electrons. The lowest BCUT2D eigenvalue weighted by atomic mass is 10.0. The van der Waals surface area contributed by atoms with Gasteiger partial charge in [-0.2, -0.15) is 5.26 Å². The van der Waals surface area contributed by atoms with Crippen LogP contribution >= 0.6 is 0 Å². The molecule has 1 atom stereocenters. The van der Waals surface area contributed by atoms with E-state index in [1.54, 1.807) is 12.1 Å². The number of alkyl halides is 1. The van der Waals surface area contributed by atoms with Crippen LogP contribution in [0.3, 0.4) is 0 Å². The molecule has 0 bridgehead atoms. The number of hydrogen-bond acceptors (Lipinski definition) is 3. The average Bonchev–Trinajstić information content (AvgIpc) is 2.41. The summed E-state index contributed by atoms with van der Waals surface area (Å²) < 4.78 is 13.2. The van der Waals surface area contributed by atoms with E-state index in [0.717, 1.165) is 31.7 Å². The second-order valence-electron chi connectivity index (χ2n) is 4.19. The van der Waals surface area contributed by atoms with Gasteiger partial charge in [0.05, 0.1) is 17.7 Å². The van der Waals surface area contributed by atoms with Gasteiger partial charge in [0.25, 0.3) is 0 Å². The van der Waals surface area contributed by atoms with Gasteiger partial charge in [0.1, 0.15) is 6.67 Å². The van der Waals surface area contributed by atoms with Gasteiger partial charge in [0, 0.05) is 26.2 Å². The van der Waals surface area contributed by atoms with E-state index < -0.39 is 6.67 Å². The Labute approximate surface area is 101 Å². The first-order chi connectivity index (χ1) is 8.35. The lowest BCUT2D eigenvalue weighted by Gasteiger charge is -2.33. The topological polar surface area (TPSA) is 39.1 Å². The van der Waals surface area contributed by atoms with Crippen molar-refractivity contribution in [1.29, 1.82) is 5.26 Å². The first-order valence-electron chi connectivity index (χ1n) is 5.86. The molecule has 0 radical (unpaired) electrons. The molecule has 17 heavy (non-hydrogen) atoms. The largest absolute Gasteiger partial charge is 0.314 e. The minimum absolute atomic E-state index is 0.217. The van der Waals surface area contributed by atoms with E-state index in [4.69, 9.17) is 5.26 Å². The molecule has 1 aliphatic heterocycles. The molecule has 4 heteroatoms. The minimum Gasteiger partial charge on any atom is -0.314 e. The second-order valence-corrected chi connectivity index (χ2v) is 4.19. The highest BCUT2D eigenvalue weighted by Crippen LogP contribution is 2.22. The van der Waals surface area contributed by atoms with Crippen LogP contribution < -0.4 is 5.32 Å². The molecule has 0 spiro atoms. The number of hydrogen-bond donors (Lipinski definition) is 1. The van der Waals surface area contributed by atoms with E-state index >= 15 is 0 Å². The molecule has 0 unspecified atom stereocenters. The lowest BCUT2D eigenvalue weighted by Crippen LogP contribution is -2.45. The minimum atomic E-state index is -0.408. The fourth-order valence-corrected chi connectivity index (χ4v) is 2.21. The first-order valence-corrected chi connectivity index (χ1v) is 5.86. The molecular formula is C13H16FN3. The smallest absolute Gasteiger partial charge is 0.109 e. The summed E-state index contributed by atoms with van der Waals surface area (Å²) in [5, 5.41) is 12.1. The van der Waals surface area contributed by atoms with Crippen LogP contribution in [0.1, 0.15) is 17.2 Å². The van der Waals surface area contributed by atoms with E-state index in [-0.39, 0.29) is 6.04 Å². The Morgan fingerprint density at radius 1 is 1.41 bits per heavy atom. The van der Waals surface area contributed by atoms with Crippen molar-refractivity contribution in [3.05, 3.63) is 35.4 Å². The molecule has 1 aliphatic rings. The zero-order valence-corrected chi connectivity index (χ0v) is 9.69. The van der Waals surface area contributed by atoms with Gasteiger partial charge < -0.3 is 5.32 Å². The van der Waals surface area contributed by atoms with Gasteiger partial charge in [-0.1, -0.05) is 12.1 Å². The van der Waals surface area contributed by atoms with Crippen molar-refractivity contribution in [2.24, 2.45) is 0 Å². The maximum atomic E-state index is 13.2. The van der Waals surface area contributed by atoms with Crippen LogP contribution in [0.5, 0.6) is 0 Å². The quantitative estimate of drug-likeness (QED) is 0.859. The summed E-state index contributed by atoms with van der Waals surface area (Å²) in [6, 6.07) is 9.12. The van der Waals surface area contributed by atoms with E-state index in [2.05, 4.69) is 16.3 Å². The maximum Gasteiger partial charge on any atom is 0.109 e. The van der Waals surface area contributed by atoms with Crippen LogP contribution in [0.2, 0.25) is 0 Å². The zero-order chi connectivity index (χ0) is 12.1. The Bertz CT molecular complexity index is 407. The molecule has 1 saturated heterocycles. The van der Waals surface area contributed by atoms with Crippen LogP contribution in [0.4, 0.5) is 4.39 Å². The van der Waals surface area contributed by atoms with E-state index in [1.165, 1.54) is 0 Å². The molecule has 0 saturated carbocycles. The third-order valence-corrected chi connectivity index (χ3v) is 3.14. The summed E-state index contributed by atoms with van der Waals surface area (Å²) >= 11 is 0. The zero-order valence-electron chi connectivity index (χ0n) is 9.69. The third-order valence-electron chi connectivity index (χ3n) is 3.14.